The number of aromatic nitrogens is 1. The standard InChI is InChI=1S/C21H26BrN3O2/c1-14-7-8-15(21(27)24-19-5-3-4-6-20(19)26)9-16(14)13-25(2)18-10-17(22)11-23-12-18/h7-12,19-20,26H,3-6,13H2,1-2H3,(H,24,27)/t19-,20-/m0/s1. The lowest BCUT2D eigenvalue weighted by atomic mass is 9.92. The van der Waals surface area contributed by atoms with Crippen molar-refractivity contribution in [3.05, 3.63) is 57.8 Å². The van der Waals surface area contributed by atoms with Crippen LogP contribution in [0, 0.1) is 6.92 Å². The van der Waals surface area contributed by atoms with Gasteiger partial charge >= 0.3 is 0 Å². The quantitative estimate of drug-likeness (QED) is 0.754. The molecule has 0 unspecified atom stereocenters. The summed E-state index contributed by atoms with van der Waals surface area (Å²) in [6, 6.07) is 7.65. The number of carbonyl (C=O) groups excluding carboxylic acids is 1. The molecule has 0 spiro atoms. The Morgan fingerprint density at radius 3 is 2.81 bits per heavy atom. The molecule has 2 N–H and O–H groups in total. The normalized spacial score (nSPS) is 19.6. The first-order valence-corrected chi connectivity index (χ1v) is 10.1. The Balaban J connectivity index is 1.72. The van der Waals surface area contributed by atoms with Crippen LogP contribution in [-0.2, 0) is 6.54 Å². The topological polar surface area (TPSA) is 65.5 Å². The number of rotatable bonds is 5. The van der Waals surface area contributed by atoms with E-state index in [2.05, 4.69) is 38.1 Å². The molecule has 0 saturated heterocycles. The fourth-order valence-corrected chi connectivity index (χ4v) is 3.82. The molecule has 1 aliphatic rings. The second-order valence-corrected chi connectivity index (χ2v) is 8.21. The Bertz CT molecular complexity index is 812. The van der Waals surface area contributed by atoms with Crippen molar-refractivity contribution in [3.8, 4) is 0 Å². The largest absolute Gasteiger partial charge is 0.391 e. The monoisotopic (exact) mass is 431 g/mol. The highest BCUT2D eigenvalue weighted by Crippen LogP contribution is 2.22. The van der Waals surface area contributed by atoms with Gasteiger partial charge in [-0.25, -0.2) is 0 Å². The third-order valence-electron chi connectivity index (χ3n) is 5.20. The van der Waals surface area contributed by atoms with Crippen molar-refractivity contribution in [1.29, 1.82) is 0 Å². The first-order chi connectivity index (χ1) is 12.9. The fourth-order valence-electron chi connectivity index (χ4n) is 3.47. The number of pyridine rings is 1. The van der Waals surface area contributed by atoms with Gasteiger partial charge in [-0.1, -0.05) is 18.9 Å². The zero-order chi connectivity index (χ0) is 19.4. The lowest BCUT2D eigenvalue weighted by Gasteiger charge is -2.28. The van der Waals surface area contributed by atoms with Crippen LogP contribution in [0.2, 0.25) is 0 Å². The van der Waals surface area contributed by atoms with Gasteiger partial charge in [0, 0.05) is 29.8 Å². The number of aryl methyl sites for hydroxylation is 1. The van der Waals surface area contributed by atoms with Crippen molar-refractivity contribution >= 4 is 27.5 Å². The van der Waals surface area contributed by atoms with Crippen LogP contribution in [-0.4, -0.2) is 35.2 Å². The summed E-state index contributed by atoms with van der Waals surface area (Å²) in [5, 5.41) is 13.1. The van der Waals surface area contributed by atoms with Gasteiger partial charge in [-0.15, -0.1) is 0 Å². The van der Waals surface area contributed by atoms with E-state index in [0.29, 0.717) is 12.1 Å². The van der Waals surface area contributed by atoms with Crippen LogP contribution in [0.25, 0.3) is 0 Å². The van der Waals surface area contributed by atoms with E-state index in [1.165, 1.54) is 0 Å². The number of anilines is 1. The first kappa shape index (κ1) is 19.8. The minimum atomic E-state index is -0.442. The van der Waals surface area contributed by atoms with Gasteiger partial charge in [-0.3, -0.25) is 9.78 Å². The Morgan fingerprint density at radius 1 is 1.30 bits per heavy atom. The van der Waals surface area contributed by atoms with Gasteiger partial charge < -0.3 is 15.3 Å². The van der Waals surface area contributed by atoms with E-state index in [9.17, 15) is 9.90 Å². The van der Waals surface area contributed by atoms with Gasteiger partial charge in [0.2, 0.25) is 0 Å². The molecule has 1 aliphatic carbocycles. The van der Waals surface area contributed by atoms with Crippen LogP contribution in [0.3, 0.4) is 0 Å². The summed E-state index contributed by atoms with van der Waals surface area (Å²) >= 11 is 3.45. The smallest absolute Gasteiger partial charge is 0.251 e. The summed E-state index contributed by atoms with van der Waals surface area (Å²) in [7, 11) is 2.01. The number of benzene rings is 1. The molecule has 5 nitrogen and oxygen atoms in total. The summed E-state index contributed by atoms with van der Waals surface area (Å²) in [4.78, 5) is 19.0. The highest BCUT2D eigenvalue weighted by atomic mass is 79.9. The molecule has 1 aromatic heterocycles. The van der Waals surface area contributed by atoms with E-state index in [1.807, 2.05) is 37.5 Å². The highest BCUT2D eigenvalue weighted by Gasteiger charge is 2.25. The minimum absolute atomic E-state index is 0.117. The van der Waals surface area contributed by atoms with Crippen LogP contribution in [0.5, 0.6) is 0 Å². The number of hydrogen-bond acceptors (Lipinski definition) is 4. The number of halogens is 1. The zero-order valence-electron chi connectivity index (χ0n) is 15.8. The molecule has 1 saturated carbocycles. The second kappa shape index (κ2) is 8.85. The number of hydrogen-bond donors (Lipinski definition) is 2. The Labute approximate surface area is 168 Å². The summed E-state index contributed by atoms with van der Waals surface area (Å²) in [6.07, 6.45) is 6.81. The van der Waals surface area contributed by atoms with Gasteiger partial charge in [-0.05, 0) is 65.0 Å². The van der Waals surface area contributed by atoms with Crippen molar-refractivity contribution in [2.75, 3.05) is 11.9 Å². The van der Waals surface area contributed by atoms with E-state index in [0.717, 1.165) is 47.0 Å². The van der Waals surface area contributed by atoms with Gasteiger partial charge in [0.05, 0.1) is 24.0 Å². The predicted octanol–water partition coefficient (Wildman–Crippen LogP) is 3.82. The van der Waals surface area contributed by atoms with Crippen LogP contribution in [0.15, 0.2) is 41.1 Å². The molecule has 2 atom stereocenters. The molecule has 1 fully saturated rings. The molecule has 0 aliphatic heterocycles. The van der Waals surface area contributed by atoms with Gasteiger partial charge in [-0.2, -0.15) is 0 Å². The molecule has 27 heavy (non-hydrogen) atoms. The summed E-state index contributed by atoms with van der Waals surface area (Å²) in [5.74, 6) is -0.117. The lowest BCUT2D eigenvalue weighted by molar-refractivity contribution is 0.0717. The van der Waals surface area contributed by atoms with Crippen LogP contribution >= 0.6 is 15.9 Å². The Kier molecular flexibility index (Phi) is 6.50. The molecule has 3 rings (SSSR count). The van der Waals surface area contributed by atoms with Crippen molar-refractivity contribution in [3.63, 3.8) is 0 Å². The Hall–Kier alpha value is -1.92. The molecule has 1 heterocycles. The second-order valence-electron chi connectivity index (χ2n) is 7.29. The molecule has 1 aromatic carbocycles. The van der Waals surface area contributed by atoms with E-state index >= 15 is 0 Å². The van der Waals surface area contributed by atoms with E-state index in [4.69, 9.17) is 0 Å². The number of aliphatic hydroxyl groups excluding tert-OH is 1. The molecule has 6 heteroatoms. The van der Waals surface area contributed by atoms with Crippen LogP contribution < -0.4 is 10.2 Å². The lowest BCUT2D eigenvalue weighted by Crippen LogP contribution is -2.45. The average molecular weight is 432 g/mol. The summed E-state index contributed by atoms with van der Waals surface area (Å²) < 4.78 is 0.933. The van der Waals surface area contributed by atoms with Crippen molar-refractivity contribution in [1.82, 2.24) is 10.3 Å². The van der Waals surface area contributed by atoms with Gasteiger partial charge in [0.1, 0.15) is 0 Å². The summed E-state index contributed by atoms with van der Waals surface area (Å²) in [5.41, 5.74) is 3.87. The maximum Gasteiger partial charge on any atom is 0.251 e. The molecule has 144 valence electrons. The van der Waals surface area contributed by atoms with Gasteiger partial charge in [0.25, 0.3) is 5.91 Å². The van der Waals surface area contributed by atoms with Crippen molar-refractivity contribution < 1.29 is 9.90 Å². The molecule has 0 radical (unpaired) electrons. The molecule has 0 bridgehead atoms. The number of amides is 1. The summed E-state index contributed by atoms with van der Waals surface area (Å²) in [6.45, 7) is 2.73. The van der Waals surface area contributed by atoms with E-state index in [-0.39, 0.29) is 11.9 Å². The Morgan fingerprint density at radius 2 is 2.07 bits per heavy atom. The van der Waals surface area contributed by atoms with E-state index < -0.39 is 6.10 Å². The van der Waals surface area contributed by atoms with Crippen molar-refractivity contribution in [2.45, 2.75) is 51.3 Å². The molecule has 2 aromatic rings. The third-order valence-corrected chi connectivity index (χ3v) is 5.63. The molecule has 1 amide bonds. The average Bonchev–Trinajstić information content (AvgIpc) is 2.65. The molecular formula is C21H26BrN3O2. The van der Waals surface area contributed by atoms with Gasteiger partial charge in [0.15, 0.2) is 0 Å². The SMILES string of the molecule is Cc1ccc(C(=O)N[C@H]2CCCC[C@@H]2O)cc1CN(C)c1cncc(Br)c1. The van der Waals surface area contributed by atoms with Crippen LogP contribution in [0.1, 0.15) is 47.2 Å². The minimum Gasteiger partial charge on any atom is -0.391 e. The number of aliphatic hydroxyl groups is 1. The zero-order valence-corrected chi connectivity index (χ0v) is 17.4. The van der Waals surface area contributed by atoms with E-state index in [1.54, 1.807) is 6.20 Å². The predicted molar refractivity (Wildman–Crippen MR) is 111 cm³/mol. The fraction of sp³-hybridized carbons (Fsp3) is 0.429. The maximum absolute atomic E-state index is 12.7. The van der Waals surface area contributed by atoms with Crippen molar-refractivity contribution in [2.24, 2.45) is 0 Å². The molecular weight excluding hydrogens is 406 g/mol. The number of carbonyl (C=O) groups is 1. The maximum atomic E-state index is 12.7. The third kappa shape index (κ3) is 5.08. The number of nitrogens with zero attached hydrogens (tertiary/aromatic N) is 2. The van der Waals surface area contributed by atoms with Crippen LogP contribution in [0.4, 0.5) is 5.69 Å². The number of nitrogens with one attached hydrogen (secondary N) is 1. The highest BCUT2D eigenvalue weighted by molar-refractivity contribution is 9.10. The first-order valence-electron chi connectivity index (χ1n) is 9.34.